The second-order valence-electron chi connectivity index (χ2n) is 10.4. The van der Waals surface area contributed by atoms with Crippen molar-refractivity contribution in [3.8, 4) is 0 Å². The van der Waals surface area contributed by atoms with Crippen LogP contribution in [0.25, 0.3) is 0 Å². The van der Waals surface area contributed by atoms with E-state index < -0.39 is 23.5 Å². The Bertz CT molecular complexity index is 1110. The molecule has 0 aromatic heterocycles. The van der Waals surface area contributed by atoms with Gasteiger partial charge in [-0.3, -0.25) is 0 Å². The first-order valence-electron chi connectivity index (χ1n) is 13.2. The summed E-state index contributed by atoms with van der Waals surface area (Å²) >= 11 is 0. The van der Waals surface area contributed by atoms with E-state index in [2.05, 4.69) is 0 Å². The van der Waals surface area contributed by atoms with Crippen molar-refractivity contribution in [3.63, 3.8) is 0 Å². The molecule has 2 atom stereocenters. The molecule has 4 rings (SSSR count). The van der Waals surface area contributed by atoms with Crippen LogP contribution in [0.4, 0.5) is 35.9 Å². The molecule has 2 aliphatic heterocycles. The highest BCUT2D eigenvalue weighted by molar-refractivity contribution is 5.77. The van der Waals surface area contributed by atoms with Gasteiger partial charge in [0.05, 0.1) is 23.2 Å². The summed E-state index contributed by atoms with van der Waals surface area (Å²) in [6.07, 6.45) is -7.67. The molecule has 0 N–H and O–H groups in total. The van der Waals surface area contributed by atoms with Crippen LogP contribution in [0.2, 0.25) is 0 Å². The molecule has 4 amide bonds. The van der Waals surface area contributed by atoms with E-state index in [1.807, 2.05) is 0 Å². The van der Waals surface area contributed by atoms with E-state index in [0.717, 1.165) is 24.3 Å². The lowest BCUT2D eigenvalue weighted by Crippen LogP contribution is -2.32. The summed E-state index contributed by atoms with van der Waals surface area (Å²) in [6, 6.07) is 8.93. The van der Waals surface area contributed by atoms with Crippen LogP contribution < -0.4 is 0 Å². The zero-order chi connectivity index (χ0) is 29.9. The fraction of sp³-hybridized carbons (Fsp3) is 0.500. The fourth-order valence-corrected chi connectivity index (χ4v) is 5.08. The minimum atomic E-state index is -4.41. The number of carbonyl (C=O) groups excluding carboxylic acids is 2. The molecular weight excluding hydrogens is 554 g/mol. The Morgan fingerprint density at radius 2 is 1.00 bits per heavy atom. The second-order valence-corrected chi connectivity index (χ2v) is 10.4. The maximum absolute atomic E-state index is 12.8. The van der Waals surface area contributed by atoms with Crippen LogP contribution in [0.5, 0.6) is 0 Å². The van der Waals surface area contributed by atoms with Gasteiger partial charge in [-0.15, -0.1) is 0 Å². The van der Waals surface area contributed by atoms with Gasteiger partial charge >= 0.3 is 24.4 Å². The summed E-state index contributed by atoms with van der Waals surface area (Å²) in [7, 11) is 3.37. The first-order chi connectivity index (χ1) is 19.2. The molecule has 2 fully saturated rings. The molecule has 2 saturated heterocycles. The van der Waals surface area contributed by atoms with Crippen LogP contribution >= 0.6 is 0 Å². The lowest BCUT2D eigenvalue weighted by Gasteiger charge is -2.19. The van der Waals surface area contributed by atoms with Crippen molar-refractivity contribution in [2.24, 2.45) is 0 Å². The molecule has 2 unspecified atom stereocenters. The predicted octanol–water partition coefficient (Wildman–Crippen LogP) is 5.69. The normalized spacial score (nSPS) is 20.1. The molecule has 41 heavy (non-hydrogen) atoms. The third-order valence-electron chi connectivity index (χ3n) is 7.60. The van der Waals surface area contributed by atoms with Crippen LogP contribution in [0.1, 0.15) is 35.1 Å². The molecule has 0 radical (unpaired) electrons. The number of halogens is 6. The Labute approximate surface area is 234 Å². The van der Waals surface area contributed by atoms with E-state index in [0.29, 0.717) is 50.3 Å². The van der Waals surface area contributed by atoms with Gasteiger partial charge in [0.2, 0.25) is 0 Å². The van der Waals surface area contributed by atoms with Gasteiger partial charge in [-0.1, -0.05) is 24.3 Å². The van der Waals surface area contributed by atoms with Crippen molar-refractivity contribution in [1.82, 2.24) is 19.6 Å². The van der Waals surface area contributed by atoms with Crippen LogP contribution in [0, 0.1) is 0 Å². The number of ether oxygens (including phenoxy) is 1. The van der Waals surface area contributed by atoms with Crippen molar-refractivity contribution in [1.29, 1.82) is 0 Å². The lowest BCUT2D eigenvalue weighted by molar-refractivity contribution is -0.138. The van der Waals surface area contributed by atoms with Gasteiger partial charge in [-0.05, 0) is 48.2 Å². The minimum absolute atomic E-state index is 0.105. The van der Waals surface area contributed by atoms with Crippen LogP contribution in [-0.4, -0.2) is 84.1 Å². The number of amides is 4. The van der Waals surface area contributed by atoms with Gasteiger partial charge in [0.25, 0.3) is 0 Å². The average molecular weight is 587 g/mol. The molecule has 0 spiro atoms. The van der Waals surface area contributed by atoms with E-state index in [1.165, 1.54) is 24.3 Å². The Balaban J connectivity index is 1.18. The molecular formula is C28H32F6N4O3. The molecule has 2 aromatic carbocycles. The second kappa shape index (κ2) is 12.2. The number of likely N-dealkylation sites (N-methyl/N-ethyl adjacent to an activating group) is 2. The van der Waals surface area contributed by atoms with Crippen molar-refractivity contribution in [2.45, 2.75) is 50.4 Å². The predicted molar refractivity (Wildman–Crippen MR) is 138 cm³/mol. The molecule has 0 aliphatic carbocycles. The largest absolute Gasteiger partial charge is 0.416 e. The minimum Gasteiger partial charge on any atom is -0.381 e. The third kappa shape index (κ3) is 7.43. The quantitative estimate of drug-likeness (QED) is 0.266. The van der Waals surface area contributed by atoms with Crippen molar-refractivity contribution in [3.05, 3.63) is 70.8 Å². The first kappa shape index (κ1) is 30.5. The zero-order valence-corrected chi connectivity index (χ0v) is 22.7. The van der Waals surface area contributed by atoms with Gasteiger partial charge in [-0.2, -0.15) is 26.3 Å². The van der Waals surface area contributed by atoms with E-state index >= 15 is 0 Å². The van der Waals surface area contributed by atoms with Gasteiger partial charge in [0.1, 0.15) is 0 Å². The molecule has 13 heteroatoms. The Morgan fingerprint density at radius 1 is 0.659 bits per heavy atom. The molecule has 2 heterocycles. The van der Waals surface area contributed by atoms with Crippen molar-refractivity contribution < 1.29 is 40.7 Å². The lowest BCUT2D eigenvalue weighted by atomic mass is 10.1. The highest BCUT2D eigenvalue weighted by atomic mass is 19.4. The number of urea groups is 2. The smallest absolute Gasteiger partial charge is 0.381 e. The molecule has 2 aliphatic rings. The third-order valence-corrected chi connectivity index (χ3v) is 7.60. The number of carbonyl (C=O) groups is 2. The highest BCUT2D eigenvalue weighted by Crippen LogP contribution is 2.31. The van der Waals surface area contributed by atoms with Gasteiger partial charge in [0.15, 0.2) is 0 Å². The Morgan fingerprint density at radius 3 is 1.32 bits per heavy atom. The monoisotopic (exact) mass is 586 g/mol. The topological polar surface area (TPSA) is 56.3 Å². The van der Waals surface area contributed by atoms with E-state index in [1.54, 1.807) is 33.7 Å². The summed E-state index contributed by atoms with van der Waals surface area (Å²) in [6.45, 7) is 2.05. The number of nitrogens with zero attached hydrogens (tertiary/aromatic N) is 4. The van der Waals surface area contributed by atoms with Gasteiger partial charge in [0, 0.05) is 53.5 Å². The SMILES string of the molecule is CN1C(=O)N(Cc2ccc(C(F)(F)F)cc2)CC1CCOCCC1CN(Cc2ccc(C(F)(F)F)cc2)C(=O)N1C. The number of benzene rings is 2. The van der Waals surface area contributed by atoms with Crippen molar-refractivity contribution in [2.75, 3.05) is 40.4 Å². The molecule has 0 saturated carbocycles. The summed E-state index contributed by atoms with van der Waals surface area (Å²) in [5.41, 5.74) is -0.249. The summed E-state index contributed by atoms with van der Waals surface area (Å²) < 4.78 is 82.6. The van der Waals surface area contributed by atoms with Crippen LogP contribution in [-0.2, 0) is 30.2 Å². The Kier molecular flexibility index (Phi) is 9.05. The zero-order valence-electron chi connectivity index (χ0n) is 22.7. The maximum Gasteiger partial charge on any atom is 0.416 e. The molecule has 0 bridgehead atoms. The number of rotatable bonds is 10. The molecule has 2 aromatic rings. The number of hydrogen-bond acceptors (Lipinski definition) is 3. The first-order valence-corrected chi connectivity index (χ1v) is 13.2. The van der Waals surface area contributed by atoms with Crippen LogP contribution in [0.3, 0.4) is 0 Å². The van der Waals surface area contributed by atoms with E-state index in [4.69, 9.17) is 4.74 Å². The van der Waals surface area contributed by atoms with E-state index in [9.17, 15) is 35.9 Å². The summed E-state index contributed by atoms with van der Waals surface area (Å²) in [4.78, 5) is 31.7. The number of alkyl halides is 6. The van der Waals surface area contributed by atoms with Gasteiger partial charge in [-0.25, -0.2) is 9.59 Å². The molecule has 7 nitrogen and oxygen atoms in total. The summed E-state index contributed by atoms with van der Waals surface area (Å²) in [5.74, 6) is 0. The van der Waals surface area contributed by atoms with Gasteiger partial charge < -0.3 is 24.3 Å². The fourth-order valence-electron chi connectivity index (χ4n) is 5.08. The molecule has 224 valence electrons. The average Bonchev–Trinajstić information content (AvgIpc) is 3.33. The standard InChI is InChI=1S/C28H32F6N4O3/c1-35-23(17-37(25(35)39)15-19-3-7-21(8-4-19)27(29,30)31)11-13-41-14-12-24-18-38(26(40)36(24)2)16-20-5-9-22(10-6-20)28(32,33)34/h3-10,23-24H,11-18H2,1-2H3. The highest BCUT2D eigenvalue weighted by Gasteiger charge is 2.36. The van der Waals surface area contributed by atoms with Crippen LogP contribution in [0.15, 0.2) is 48.5 Å². The maximum atomic E-state index is 12.8. The van der Waals surface area contributed by atoms with Crippen molar-refractivity contribution >= 4 is 12.1 Å². The Hall–Kier alpha value is -3.48. The van der Waals surface area contributed by atoms with E-state index in [-0.39, 0.29) is 37.2 Å². The summed E-state index contributed by atoms with van der Waals surface area (Å²) in [5, 5.41) is 0. The number of hydrogen-bond donors (Lipinski definition) is 0.